The topological polar surface area (TPSA) is 67.9 Å². The molecule has 0 aromatic carbocycles. The molecule has 0 bridgehead atoms. The average molecular weight is 190 g/mol. The summed E-state index contributed by atoms with van der Waals surface area (Å²) in [7, 11) is 4.20. The van der Waals surface area contributed by atoms with E-state index in [1.54, 1.807) is 0 Å². The summed E-state index contributed by atoms with van der Waals surface area (Å²) in [5.74, 6) is -0.589. The number of nitrogens with one attached hydrogen (secondary N) is 1. The van der Waals surface area contributed by atoms with Crippen molar-refractivity contribution in [3.63, 3.8) is 0 Å². The molecular formula is C7H14N2O4. The summed E-state index contributed by atoms with van der Waals surface area (Å²) >= 11 is 0. The minimum atomic E-state index is -0.333. The molecule has 0 aromatic rings. The molecule has 0 unspecified atom stereocenters. The van der Waals surface area contributed by atoms with E-state index in [4.69, 9.17) is 0 Å². The summed E-state index contributed by atoms with van der Waals surface area (Å²) < 4.78 is 0. The number of nitrogens with zero attached hydrogens (tertiary/aromatic N) is 1. The number of carbonyl (C=O) groups is 2. The smallest absolute Gasteiger partial charge is 0.246 e. The van der Waals surface area contributed by atoms with Gasteiger partial charge in [-0.1, -0.05) is 0 Å². The van der Waals surface area contributed by atoms with Crippen molar-refractivity contribution in [1.82, 2.24) is 10.5 Å². The van der Waals surface area contributed by atoms with Gasteiger partial charge in [-0.2, -0.15) is 0 Å². The zero-order valence-electron chi connectivity index (χ0n) is 7.99. The first-order valence-corrected chi connectivity index (χ1v) is 3.74. The van der Waals surface area contributed by atoms with Crippen molar-refractivity contribution in [1.29, 1.82) is 0 Å². The molecular weight excluding hydrogens is 176 g/mol. The Morgan fingerprint density at radius 3 is 2.38 bits per heavy atom. The zero-order valence-corrected chi connectivity index (χ0v) is 7.99. The third-order valence-corrected chi connectivity index (χ3v) is 1.41. The van der Waals surface area contributed by atoms with Crippen molar-refractivity contribution in [2.75, 3.05) is 21.3 Å². The van der Waals surface area contributed by atoms with E-state index in [1.807, 2.05) is 0 Å². The second kappa shape index (κ2) is 6.38. The summed E-state index contributed by atoms with van der Waals surface area (Å²) in [4.78, 5) is 30.9. The molecule has 2 amide bonds. The fourth-order valence-electron chi connectivity index (χ4n) is 0.645. The van der Waals surface area contributed by atoms with Crippen LogP contribution in [0.15, 0.2) is 0 Å². The van der Waals surface area contributed by atoms with Crippen molar-refractivity contribution in [3.8, 4) is 0 Å². The number of amides is 2. The first-order valence-electron chi connectivity index (χ1n) is 3.74. The van der Waals surface area contributed by atoms with Gasteiger partial charge >= 0.3 is 0 Å². The van der Waals surface area contributed by atoms with E-state index >= 15 is 0 Å². The zero-order chi connectivity index (χ0) is 10.3. The molecule has 0 saturated carbocycles. The van der Waals surface area contributed by atoms with Crippen LogP contribution < -0.4 is 5.48 Å². The summed E-state index contributed by atoms with van der Waals surface area (Å²) in [5, 5.41) is 1.07. The Kier molecular flexibility index (Phi) is 5.82. The Morgan fingerprint density at radius 1 is 1.31 bits per heavy atom. The standard InChI is InChI=1S/C7H14N2O4/c1-9(13-3)7(11)5-4-6(10)8-12-2/h4-5H2,1-3H3,(H,8,10). The van der Waals surface area contributed by atoms with Crippen LogP contribution in [-0.2, 0) is 19.3 Å². The summed E-state index contributed by atoms with van der Waals surface area (Å²) in [6.45, 7) is 0. The van der Waals surface area contributed by atoms with Gasteiger partial charge in [0.2, 0.25) is 11.8 Å². The van der Waals surface area contributed by atoms with Gasteiger partial charge in [-0.15, -0.1) is 0 Å². The van der Waals surface area contributed by atoms with Gasteiger partial charge in [-0.05, 0) is 0 Å². The highest BCUT2D eigenvalue weighted by molar-refractivity contribution is 5.82. The van der Waals surface area contributed by atoms with Gasteiger partial charge in [0.25, 0.3) is 0 Å². The molecule has 6 heteroatoms. The molecule has 0 aromatic heterocycles. The van der Waals surface area contributed by atoms with Gasteiger partial charge in [-0.25, -0.2) is 10.5 Å². The van der Waals surface area contributed by atoms with Crippen LogP contribution in [0, 0.1) is 0 Å². The van der Waals surface area contributed by atoms with E-state index < -0.39 is 0 Å². The molecule has 0 rings (SSSR count). The van der Waals surface area contributed by atoms with Crippen LogP contribution in [0.3, 0.4) is 0 Å². The molecule has 1 N–H and O–H groups in total. The predicted molar refractivity (Wildman–Crippen MR) is 44.2 cm³/mol. The Labute approximate surface area is 76.7 Å². The van der Waals surface area contributed by atoms with Gasteiger partial charge in [0, 0.05) is 19.9 Å². The van der Waals surface area contributed by atoms with E-state index in [-0.39, 0.29) is 24.7 Å². The van der Waals surface area contributed by atoms with E-state index in [0.29, 0.717) is 0 Å². The fourth-order valence-corrected chi connectivity index (χ4v) is 0.645. The number of rotatable bonds is 5. The highest BCUT2D eigenvalue weighted by atomic mass is 16.7. The normalized spacial score (nSPS) is 9.46. The van der Waals surface area contributed by atoms with Gasteiger partial charge in [0.15, 0.2) is 0 Å². The maximum absolute atomic E-state index is 11.1. The highest BCUT2D eigenvalue weighted by Gasteiger charge is 2.10. The van der Waals surface area contributed by atoms with Gasteiger partial charge in [0.1, 0.15) is 0 Å². The molecule has 0 saturated heterocycles. The number of hydroxylamine groups is 3. The molecule has 0 atom stereocenters. The molecule has 0 aliphatic heterocycles. The Bertz CT molecular complexity index is 183. The minimum absolute atomic E-state index is 0.0837. The van der Waals surface area contributed by atoms with Crippen molar-refractivity contribution >= 4 is 11.8 Å². The number of carbonyl (C=O) groups excluding carboxylic acids is 2. The average Bonchev–Trinajstić information content (AvgIpc) is 2.13. The van der Waals surface area contributed by atoms with Crippen LogP contribution >= 0.6 is 0 Å². The van der Waals surface area contributed by atoms with Crippen molar-refractivity contribution in [2.24, 2.45) is 0 Å². The van der Waals surface area contributed by atoms with Crippen molar-refractivity contribution in [3.05, 3.63) is 0 Å². The maximum Gasteiger partial charge on any atom is 0.246 e. The SMILES string of the molecule is CONC(=O)CCC(=O)N(C)OC. The monoisotopic (exact) mass is 190 g/mol. The van der Waals surface area contributed by atoms with Crippen LogP contribution in [0.2, 0.25) is 0 Å². The Balaban J connectivity index is 3.63. The van der Waals surface area contributed by atoms with Crippen LogP contribution in [0.4, 0.5) is 0 Å². The second-order valence-corrected chi connectivity index (χ2v) is 2.30. The van der Waals surface area contributed by atoms with E-state index in [9.17, 15) is 9.59 Å². The number of hydrogen-bond donors (Lipinski definition) is 1. The third kappa shape index (κ3) is 5.15. The lowest BCUT2D eigenvalue weighted by Gasteiger charge is -2.12. The molecule has 13 heavy (non-hydrogen) atoms. The van der Waals surface area contributed by atoms with Crippen LogP contribution in [0.5, 0.6) is 0 Å². The minimum Gasteiger partial charge on any atom is -0.277 e. The fraction of sp³-hybridized carbons (Fsp3) is 0.714. The predicted octanol–water partition coefficient (Wildman–Crippen LogP) is -0.536. The van der Waals surface area contributed by atoms with Gasteiger partial charge < -0.3 is 0 Å². The second-order valence-electron chi connectivity index (χ2n) is 2.30. The van der Waals surface area contributed by atoms with Crippen LogP contribution in [0.25, 0.3) is 0 Å². The van der Waals surface area contributed by atoms with Crippen LogP contribution in [-0.4, -0.2) is 38.1 Å². The first-order chi connectivity index (χ1) is 6.11. The summed E-state index contributed by atoms with van der Waals surface area (Å²) in [5.41, 5.74) is 2.11. The molecule has 0 radical (unpaired) electrons. The van der Waals surface area contributed by atoms with Crippen LogP contribution in [0.1, 0.15) is 12.8 Å². The Hall–Kier alpha value is -1.14. The maximum atomic E-state index is 11.1. The lowest BCUT2D eigenvalue weighted by Crippen LogP contribution is -2.28. The molecule has 0 heterocycles. The molecule has 6 nitrogen and oxygen atoms in total. The van der Waals surface area contributed by atoms with Gasteiger partial charge in [-0.3, -0.25) is 19.3 Å². The Morgan fingerprint density at radius 2 is 1.92 bits per heavy atom. The summed E-state index contributed by atoms with van der Waals surface area (Å²) in [6, 6.07) is 0. The highest BCUT2D eigenvalue weighted by Crippen LogP contribution is 1.95. The molecule has 0 fully saturated rings. The number of hydrogen-bond acceptors (Lipinski definition) is 4. The van der Waals surface area contributed by atoms with E-state index in [2.05, 4.69) is 15.2 Å². The quantitative estimate of drug-likeness (QED) is 0.591. The van der Waals surface area contributed by atoms with E-state index in [1.165, 1.54) is 21.3 Å². The summed E-state index contributed by atoms with van der Waals surface area (Å²) in [6.07, 6.45) is 0.180. The lowest BCUT2D eigenvalue weighted by atomic mass is 10.3. The lowest BCUT2D eigenvalue weighted by molar-refractivity contribution is -0.169. The van der Waals surface area contributed by atoms with Gasteiger partial charge in [0.05, 0.1) is 14.2 Å². The molecule has 0 aliphatic rings. The largest absolute Gasteiger partial charge is 0.277 e. The van der Waals surface area contributed by atoms with Crippen molar-refractivity contribution in [2.45, 2.75) is 12.8 Å². The van der Waals surface area contributed by atoms with E-state index in [0.717, 1.165) is 5.06 Å². The molecule has 76 valence electrons. The molecule has 0 aliphatic carbocycles. The first kappa shape index (κ1) is 11.9. The van der Waals surface area contributed by atoms with Crippen molar-refractivity contribution < 1.29 is 19.3 Å². The third-order valence-electron chi connectivity index (χ3n) is 1.41. The molecule has 0 spiro atoms.